The average molecular weight is 387 g/mol. The van der Waals surface area contributed by atoms with Crippen molar-refractivity contribution < 1.29 is 14.4 Å². The molecule has 27 heavy (non-hydrogen) atoms. The molecule has 6 nitrogen and oxygen atoms in total. The molecule has 0 spiro atoms. The quantitative estimate of drug-likeness (QED) is 0.271. The van der Waals surface area contributed by atoms with Gasteiger partial charge in [0, 0.05) is 12.1 Å². The maximum atomic E-state index is 10.8. The molecule has 0 aliphatic rings. The molecule has 0 aliphatic carbocycles. The van der Waals surface area contributed by atoms with E-state index in [4.69, 9.17) is 21.1 Å². The first-order chi connectivity index (χ1) is 12.9. The lowest BCUT2D eigenvalue weighted by molar-refractivity contribution is -0.384. The van der Waals surface area contributed by atoms with Crippen LogP contribution in [-0.2, 0) is 0 Å². The highest BCUT2D eigenvalue weighted by Gasteiger charge is 2.15. The average Bonchev–Trinajstić information content (AvgIpc) is 2.67. The number of nitro groups is 1. The molecule has 0 N–H and O–H groups in total. The third kappa shape index (κ3) is 4.99. The summed E-state index contributed by atoms with van der Waals surface area (Å²) in [5, 5.41) is 20.6. The topological polar surface area (TPSA) is 85.4 Å². The van der Waals surface area contributed by atoms with Crippen LogP contribution in [0.5, 0.6) is 11.5 Å². The number of non-ortho nitro benzene ring substituents is 1. The molecule has 2 aromatic rings. The zero-order chi connectivity index (χ0) is 20.0. The van der Waals surface area contributed by atoms with Gasteiger partial charge in [-0.1, -0.05) is 18.5 Å². The van der Waals surface area contributed by atoms with Crippen molar-refractivity contribution in [2.75, 3.05) is 7.11 Å². The zero-order valence-corrected chi connectivity index (χ0v) is 16.0. The minimum Gasteiger partial charge on any atom is -0.493 e. The molecule has 140 valence electrons. The number of benzene rings is 2. The van der Waals surface area contributed by atoms with Gasteiger partial charge in [0.2, 0.25) is 0 Å². The molecule has 0 aliphatic heterocycles. The van der Waals surface area contributed by atoms with Crippen molar-refractivity contribution in [2.24, 2.45) is 0 Å². The summed E-state index contributed by atoms with van der Waals surface area (Å²) < 4.78 is 11.2. The minimum absolute atomic E-state index is 0.0208. The number of rotatable bonds is 7. The lowest BCUT2D eigenvalue weighted by Crippen LogP contribution is -2.11. The third-order valence-electron chi connectivity index (χ3n) is 3.97. The Bertz CT molecular complexity index is 901. The van der Waals surface area contributed by atoms with E-state index in [-0.39, 0.29) is 11.8 Å². The number of nitrogens with zero attached hydrogens (tertiary/aromatic N) is 2. The van der Waals surface area contributed by atoms with E-state index in [1.54, 1.807) is 18.2 Å². The van der Waals surface area contributed by atoms with Crippen LogP contribution >= 0.6 is 11.6 Å². The predicted molar refractivity (Wildman–Crippen MR) is 105 cm³/mol. The molecular formula is C20H19ClN2O4. The van der Waals surface area contributed by atoms with Crippen LogP contribution in [0.2, 0.25) is 5.02 Å². The number of allylic oxidation sites excluding steroid dienone is 1. The molecule has 0 saturated carbocycles. The second-order valence-corrected chi connectivity index (χ2v) is 6.25. The van der Waals surface area contributed by atoms with Gasteiger partial charge in [-0.15, -0.1) is 0 Å². The van der Waals surface area contributed by atoms with Crippen LogP contribution in [0.4, 0.5) is 5.69 Å². The Hall–Kier alpha value is -3.04. The first-order valence-electron chi connectivity index (χ1n) is 8.30. The van der Waals surface area contributed by atoms with Gasteiger partial charge in [0.05, 0.1) is 34.8 Å². The highest BCUT2D eigenvalue weighted by atomic mass is 35.5. The van der Waals surface area contributed by atoms with E-state index in [0.717, 1.165) is 6.42 Å². The second-order valence-electron chi connectivity index (χ2n) is 5.84. The Morgan fingerprint density at radius 3 is 2.56 bits per heavy atom. The lowest BCUT2D eigenvalue weighted by atomic mass is 10.0. The van der Waals surface area contributed by atoms with Crippen molar-refractivity contribution in [2.45, 2.75) is 26.4 Å². The standard InChI is InChI=1S/C20H19ClN2O4/c1-4-13(2)27-20-18(21)10-14(11-19(20)26-3)9-16(12-22)15-5-7-17(8-6-15)23(24)25/h5-11,13H,4H2,1-3H3/b16-9-/t13-/m1/s1. The first kappa shape index (κ1) is 20.3. The normalized spacial score (nSPS) is 12.2. The van der Waals surface area contributed by atoms with Crippen LogP contribution in [0.3, 0.4) is 0 Å². The fourth-order valence-corrected chi connectivity index (χ4v) is 2.60. The summed E-state index contributed by atoms with van der Waals surface area (Å²) in [4.78, 5) is 10.3. The van der Waals surface area contributed by atoms with Crippen molar-refractivity contribution in [1.29, 1.82) is 5.26 Å². The van der Waals surface area contributed by atoms with Gasteiger partial charge in [-0.25, -0.2) is 0 Å². The van der Waals surface area contributed by atoms with Crippen LogP contribution in [0.1, 0.15) is 31.4 Å². The molecule has 0 amide bonds. The number of nitriles is 1. The van der Waals surface area contributed by atoms with Crippen molar-refractivity contribution >= 4 is 28.9 Å². The van der Waals surface area contributed by atoms with Gasteiger partial charge in [0.1, 0.15) is 0 Å². The molecule has 2 rings (SSSR count). The summed E-state index contributed by atoms with van der Waals surface area (Å²) in [5.74, 6) is 0.926. The van der Waals surface area contributed by atoms with Crippen molar-refractivity contribution in [1.82, 2.24) is 0 Å². The van der Waals surface area contributed by atoms with Gasteiger partial charge < -0.3 is 9.47 Å². The summed E-state index contributed by atoms with van der Waals surface area (Å²) in [5.41, 5.74) is 1.53. The van der Waals surface area contributed by atoms with E-state index in [1.807, 2.05) is 13.8 Å². The van der Waals surface area contributed by atoms with Crippen LogP contribution < -0.4 is 9.47 Å². The molecule has 0 aromatic heterocycles. The van der Waals surface area contributed by atoms with E-state index < -0.39 is 4.92 Å². The molecular weight excluding hydrogens is 368 g/mol. The van der Waals surface area contributed by atoms with Crippen molar-refractivity contribution in [3.05, 3.63) is 62.7 Å². The Morgan fingerprint density at radius 1 is 1.37 bits per heavy atom. The highest BCUT2D eigenvalue weighted by molar-refractivity contribution is 6.32. The predicted octanol–water partition coefficient (Wildman–Crippen LogP) is 5.50. The van der Waals surface area contributed by atoms with Crippen molar-refractivity contribution in [3.8, 4) is 17.6 Å². The molecule has 1 atom stereocenters. The van der Waals surface area contributed by atoms with E-state index in [0.29, 0.717) is 33.2 Å². The number of nitro benzene ring substituents is 1. The number of hydrogen-bond donors (Lipinski definition) is 0. The van der Waals surface area contributed by atoms with Gasteiger partial charge >= 0.3 is 0 Å². The third-order valence-corrected chi connectivity index (χ3v) is 4.25. The number of ether oxygens (including phenoxy) is 2. The minimum atomic E-state index is -0.486. The van der Waals surface area contributed by atoms with Gasteiger partial charge in [-0.2, -0.15) is 5.26 Å². The molecule has 0 saturated heterocycles. The van der Waals surface area contributed by atoms with Crippen LogP contribution in [0.15, 0.2) is 36.4 Å². The van der Waals surface area contributed by atoms with Gasteiger partial charge in [-0.05, 0) is 54.8 Å². The number of halogens is 1. The maximum absolute atomic E-state index is 10.8. The summed E-state index contributed by atoms with van der Waals surface area (Å²) in [6, 6.07) is 11.3. The maximum Gasteiger partial charge on any atom is 0.269 e. The molecule has 7 heteroatoms. The van der Waals surface area contributed by atoms with Crippen molar-refractivity contribution in [3.63, 3.8) is 0 Å². The Kier molecular flexibility index (Phi) is 6.80. The van der Waals surface area contributed by atoms with E-state index in [2.05, 4.69) is 6.07 Å². The number of methoxy groups -OCH3 is 1. The summed E-state index contributed by atoms with van der Waals surface area (Å²) in [7, 11) is 1.52. The summed E-state index contributed by atoms with van der Waals surface area (Å²) in [6.07, 6.45) is 2.44. The molecule has 0 fully saturated rings. The van der Waals surface area contributed by atoms with Gasteiger partial charge in [-0.3, -0.25) is 10.1 Å². The Morgan fingerprint density at radius 2 is 2.04 bits per heavy atom. The first-order valence-corrected chi connectivity index (χ1v) is 8.68. The van der Waals surface area contributed by atoms with Crippen LogP contribution in [-0.4, -0.2) is 18.1 Å². The van der Waals surface area contributed by atoms with E-state index >= 15 is 0 Å². The SMILES string of the molecule is CC[C@@H](C)Oc1c(Cl)cc(/C=C(/C#N)c2ccc([N+](=O)[O-])cc2)cc1OC. The van der Waals surface area contributed by atoms with Gasteiger partial charge in [0.25, 0.3) is 5.69 Å². The largest absolute Gasteiger partial charge is 0.493 e. The number of hydrogen-bond acceptors (Lipinski definition) is 5. The van der Waals surface area contributed by atoms with E-state index in [9.17, 15) is 15.4 Å². The summed E-state index contributed by atoms with van der Waals surface area (Å²) in [6.45, 7) is 3.94. The molecule has 0 bridgehead atoms. The molecule has 2 aromatic carbocycles. The molecule has 0 heterocycles. The Balaban J connectivity index is 2.42. The molecule has 0 radical (unpaired) electrons. The van der Waals surface area contributed by atoms with Gasteiger partial charge in [0.15, 0.2) is 11.5 Å². The van der Waals surface area contributed by atoms with E-state index in [1.165, 1.54) is 31.4 Å². The highest BCUT2D eigenvalue weighted by Crippen LogP contribution is 2.38. The fraction of sp³-hybridized carbons (Fsp3) is 0.250. The monoisotopic (exact) mass is 386 g/mol. The summed E-state index contributed by atoms with van der Waals surface area (Å²) >= 11 is 6.35. The van der Waals surface area contributed by atoms with Crippen LogP contribution in [0.25, 0.3) is 11.6 Å². The second kappa shape index (κ2) is 9.06. The van der Waals surface area contributed by atoms with Crippen LogP contribution in [0, 0.1) is 21.4 Å². The molecule has 0 unspecified atom stereocenters. The zero-order valence-electron chi connectivity index (χ0n) is 15.2. The Labute approximate surface area is 162 Å². The fourth-order valence-electron chi connectivity index (χ4n) is 2.33. The smallest absolute Gasteiger partial charge is 0.269 e. The lowest BCUT2D eigenvalue weighted by Gasteiger charge is -2.17.